The topological polar surface area (TPSA) is 292 Å². The third kappa shape index (κ3) is 15.8. The van der Waals surface area contributed by atoms with Crippen molar-refractivity contribution in [2.75, 3.05) is 92.1 Å². The van der Waals surface area contributed by atoms with Gasteiger partial charge in [-0.05, 0) is 99.1 Å². The average molecular weight is 1180 g/mol. The molecule has 1 aromatic carbocycles. The van der Waals surface area contributed by atoms with E-state index in [4.69, 9.17) is 42.7 Å². The molecule has 25 heteroatoms. The number of nitrogens with zero attached hydrogens (tertiary/aromatic N) is 5. The lowest BCUT2D eigenvalue weighted by atomic mass is 9.75. The molecule has 4 aliphatic rings. The number of carbonyl (C=O) groups is 3. The van der Waals surface area contributed by atoms with Crippen LogP contribution in [0.1, 0.15) is 105 Å². The number of rotatable bonds is 16. The number of aromatic nitrogens is 1. The number of esters is 1. The number of ether oxygens (including phenoxy) is 8. The summed E-state index contributed by atoms with van der Waals surface area (Å²) in [5.41, 5.74) is -5.47. The molecule has 0 spiro atoms. The van der Waals surface area contributed by atoms with Crippen molar-refractivity contribution >= 4 is 46.4 Å². The van der Waals surface area contributed by atoms with Gasteiger partial charge in [-0.25, -0.2) is 9.59 Å². The van der Waals surface area contributed by atoms with Gasteiger partial charge in [0.2, 0.25) is 5.43 Å². The summed E-state index contributed by atoms with van der Waals surface area (Å²) in [6.45, 7) is 17.8. The number of methoxy groups -OCH3 is 1. The lowest BCUT2D eigenvalue weighted by Gasteiger charge is -2.49. The first-order valence-electron chi connectivity index (χ1n) is 28.6. The van der Waals surface area contributed by atoms with Crippen LogP contribution >= 0.6 is 11.8 Å². The second kappa shape index (κ2) is 28.8. The number of thioether (sulfide) groups is 1. The van der Waals surface area contributed by atoms with Crippen LogP contribution in [0.25, 0.3) is 10.9 Å². The average Bonchev–Trinajstić information content (AvgIpc) is 3.49. The van der Waals surface area contributed by atoms with Crippen molar-refractivity contribution in [2.45, 2.75) is 184 Å². The van der Waals surface area contributed by atoms with E-state index in [2.05, 4.69) is 15.4 Å². The van der Waals surface area contributed by atoms with Gasteiger partial charge in [0.05, 0.1) is 60.4 Å². The van der Waals surface area contributed by atoms with Crippen LogP contribution in [0.5, 0.6) is 0 Å². The lowest BCUT2D eigenvalue weighted by molar-refractivity contribution is -0.318. The number of hydrogen-bond acceptors (Lipinski definition) is 22. The highest BCUT2D eigenvalue weighted by atomic mass is 32.2. The fourth-order valence-electron chi connectivity index (χ4n) is 11.9. The minimum atomic E-state index is -2.10. The van der Waals surface area contributed by atoms with E-state index >= 15 is 0 Å². The van der Waals surface area contributed by atoms with Crippen molar-refractivity contribution in [1.29, 1.82) is 0 Å². The third-order valence-electron chi connectivity index (χ3n) is 16.7. The smallest absolute Gasteiger partial charge is 0.407 e. The van der Waals surface area contributed by atoms with E-state index < -0.39 is 119 Å². The molecule has 2 aromatic rings. The highest BCUT2D eigenvalue weighted by Crippen LogP contribution is 2.42. The van der Waals surface area contributed by atoms with E-state index in [0.29, 0.717) is 50.4 Å². The zero-order valence-corrected chi connectivity index (χ0v) is 51.1. The Labute approximate surface area is 485 Å². The van der Waals surface area contributed by atoms with E-state index in [-0.39, 0.29) is 61.8 Å². The summed E-state index contributed by atoms with van der Waals surface area (Å²) in [5.74, 6) is -4.44. The van der Waals surface area contributed by atoms with Crippen molar-refractivity contribution in [2.24, 2.45) is 22.9 Å². The number of cyclic esters (lactones) is 1. The first kappa shape index (κ1) is 66.9. The summed E-state index contributed by atoms with van der Waals surface area (Å²) in [7, 11) is 8.72. The molecular weight excluding hydrogens is 1090 g/mol. The highest BCUT2D eigenvalue weighted by Gasteiger charge is 2.55. The zero-order chi connectivity index (χ0) is 60.6. The predicted octanol–water partition coefficient (Wildman–Crippen LogP) is 3.41. The molecule has 0 unspecified atom stereocenters. The fourth-order valence-corrected chi connectivity index (χ4v) is 12.7. The first-order chi connectivity index (χ1) is 38.6. The lowest BCUT2D eigenvalue weighted by Crippen LogP contribution is -2.61. The fraction of sp³-hybridized carbons (Fsp3) is 0.772. The number of benzene rings is 1. The molecule has 0 saturated carbocycles. The summed E-state index contributed by atoms with van der Waals surface area (Å²) in [6, 6.07) is 4.90. The monoisotopic (exact) mass is 1180 g/mol. The largest absolute Gasteiger partial charge is 0.477 e. The molecule has 4 aliphatic heterocycles. The normalized spacial score (nSPS) is 36.3. The molecule has 464 valence electrons. The van der Waals surface area contributed by atoms with Crippen molar-refractivity contribution < 1.29 is 82.6 Å². The summed E-state index contributed by atoms with van der Waals surface area (Å²) in [5, 5.41) is 68.1. The van der Waals surface area contributed by atoms with Crippen molar-refractivity contribution in [3.8, 4) is 0 Å². The van der Waals surface area contributed by atoms with Gasteiger partial charge in [0, 0.05) is 87.4 Å². The molecule has 1 amide bonds. The number of likely N-dealkylation sites (N-methyl/N-ethyl adjacent to an activating group) is 2. The highest BCUT2D eigenvalue weighted by molar-refractivity contribution is 7.99. The number of alkyl carbamates (subject to hydrolysis) is 1. The van der Waals surface area contributed by atoms with Gasteiger partial charge in [-0.2, -0.15) is 0 Å². The van der Waals surface area contributed by atoms with Crippen LogP contribution in [0.3, 0.4) is 0 Å². The van der Waals surface area contributed by atoms with Crippen molar-refractivity contribution in [3.63, 3.8) is 0 Å². The Kier molecular flexibility index (Phi) is 23.5. The quantitative estimate of drug-likeness (QED) is 0.0797. The zero-order valence-electron chi connectivity index (χ0n) is 50.3. The Morgan fingerprint density at radius 2 is 1.70 bits per heavy atom. The van der Waals surface area contributed by atoms with Crippen LogP contribution < -0.4 is 15.8 Å². The van der Waals surface area contributed by atoms with Crippen LogP contribution in [0.2, 0.25) is 0 Å². The van der Waals surface area contributed by atoms with Crippen LogP contribution in [0.15, 0.2) is 39.2 Å². The molecule has 4 bridgehead atoms. The van der Waals surface area contributed by atoms with Crippen LogP contribution in [-0.4, -0.2) is 235 Å². The maximum Gasteiger partial charge on any atom is 0.407 e. The molecule has 24 nitrogen and oxygen atoms in total. The van der Waals surface area contributed by atoms with Gasteiger partial charge in [-0.1, -0.05) is 32.9 Å². The Hall–Kier alpha value is -4.22. The second-order valence-electron chi connectivity index (χ2n) is 23.4. The van der Waals surface area contributed by atoms with E-state index in [1.807, 2.05) is 32.0 Å². The minimum Gasteiger partial charge on any atom is -0.477 e. The second-order valence-corrected chi connectivity index (χ2v) is 24.6. The van der Waals surface area contributed by atoms with Crippen LogP contribution in [0.4, 0.5) is 4.79 Å². The number of hydrogen-bond donors (Lipinski definition) is 6. The van der Waals surface area contributed by atoms with Crippen LogP contribution in [0, 0.1) is 17.8 Å². The number of oxime groups is 1. The molecule has 0 radical (unpaired) electrons. The maximum atomic E-state index is 14.7. The number of carboxylic acid groups (broad SMARTS) is 1. The SMILES string of the molecule is CC[C@H]1OC(=O)[C@H](C)[C@@H](O[C@H]2C[C@@](C)(OC)[C@@H](OC(=O)NCCOCCSc3ccc4c(c3)c(=O)c(C(=O)O)cn4N(C)C)[C@H](C)O2)[C@H](C)[C@H]2O[C@@H]3O[C@H](CCN(CC)CCO/N=C(\[C@H](C)C[C@@]2(C)O)[C@@H](O)[C@]1(C)O)C[C@H](N(C)C)[C@H]3O. The number of carboxylic acids is 1. The molecule has 5 heterocycles. The summed E-state index contributed by atoms with van der Waals surface area (Å²) < 4.78 is 52.6. The molecule has 82 heavy (non-hydrogen) atoms. The number of amides is 1. The molecule has 0 aliphatic carbocycles. The molecule has 6 rings (SSSR count). The Morgan fingerprint density at radius 1 is 0.976 bits per heavy atom. The summed E-state index contributed by atoms with van der Waals surface area (Å²) >= 11 is 1.43. The van der Waals surface area contributed by atoms with Crippen molar-refractivity contribution in [1.82, 2.24) is 19.8 Å². The number of fused-ring (bicyclic) bond motifs is 7. The third-order valence-corrected chi connectivity index (χ3v) is 17.7. The van der Waals surface area contributed by atoms with E-state index in [9.17, 15) is 44.7 Å². The Morgan fingerprint density at radius 3 is 2.34 bits per heavy atom. The number of nitrogens with one attached hydrogen (secondary N) is 1. The van der Waals surface area contributed by atoms with Crippen molar-refractivity contribution in [3.05, 3.63) is 40.2 Å². The molecular formula is C57H92N6O18S. The number of carbonyl (C=O) groups excluding carboxylic acids is 2. The first-order valence-corrected chi connectivity index (χ1v) is 29.6. The van der Waals surface area contributed by atoms with Gasteiger partial charge in [0.15, 0.2) is 18.7 Å². The van der Waals surface area contributed by atoms with Crippen LogP contribution in [-0.2, 0) is 47.5 Å². The molecule has 17 atom stereocenters. The van der Waals surface area contributed by atoms with Gasteiger partial charge in [-0.3, -0.25) is 14.3 Å². The minimum absolute atomic E-state index is 0.00997. The van der Waals surface area contributed by atoms with Gasteiger partial charge in [-0.15, -0.1) is 11.8 Å². The number of pyridine rings is 1. The van der Waals surface area contributed by atoms with E-state index in [1.165, 1.54) is 32.0 Å². The van der Waals surface area contributed by atoms with Gasteiger partial charge in [0.25, 0.3) is 0 Å². The molecule has 3 saturated heterocycles. The number of aliphatic hydroxyl groups excluding tert-OH is 2. The summed E-state index contributed by atoms with van der Waals surface area (Å²) in [6.07, 6.45) is -9.50. The Balaban J connectivity index is 1.19. The van der Waals surface area contributed by atoms with Gasteiger partial charge in [0.1, 0.15) is 41.7 Å². The van der Waals surface area contributed by atoms with Gasteiger partial charge < -0.3 is 88.4 Å². The maximum absolute atomic E-state index is 14.7. The number of aromatic carboxylic acids is 1. The van der Waals surface area contributed by atoms with E-state index in [0.717, 1.165) is 4.90 Å². The number of aliphatic hydroxyl groups is 4. The molecule has 6 N–H and O–H groups in total. The molecule has 3 fully saturated rings. The summed E-state index contributed by atoms with van der Waals surface area (Å²) in [4.78, 5) is 63.7. The Bertz CT molecular complexity index is 2550. The van der Waals surface area contributed by atoms with E-state index in [1.54, 1.807) is 84.4 Å². The predicted molar refractivity (Wildman–Crippen MR) is 306 cm³/mol. The molecule has 1 aromatic heterocycles. The van der Waals surface area contributed by atoms with Gasteiger partial charge >= 0.3 is 18.0 Å². The standard InChI is InChI=1S/C57H92N6O18S/c1-15-42-57(9,72)48(66)44-32(3)29-55(7,71)49(80-53-46(65)41(60(10)11)27-36(77-53)19-21-62(16-2)22-24-75-59-44)33(4)47(34(5)52(69)78-42)79-43-30-56(8,73-14)50(35(6)76-43)81-54(70)58-20-23-74-25-26-82-37-17-18-40-38(28-37)45(64)39(51(67)68)31-63(40)61(12)13/h17-18,28,31-36,41-43,46-50,53,65-66,71-72H,15-16,19-27,29-30H2,1-14H3,(H,58,70)(H,67,68)/b59-44+/t32-,33+,34-,35+,36-,41+,42-,43+,46-,47+,48-,49-,50+,53+,55-,56-,57-/m1/s1.